The summed E-state index contributed by atoms with van der Waals surface area (Å²) in [5, 5.41) is 0. The van der Waals surface area contributed by atoms with Crippen molar-refractivity contribution in [3.05, 3.63) is 53.6 Å². The first-order valence-electron chi connectivity index (χ1n) is 5.45. The molecule has 0 aromatic heterocycles. The Labute approximate surface area is 93.3 Å². The van der Waals surface area contributed by atoms with Crippen molar-refractivity contribution in [3.63, 3.8) is 0 Å². The lowest BCUT2D eigenvalue weighted by Gasteiger charge is -2.09. The summed E-state index contributed by atoms with van der Waals surface area (Å²) in [6.45, 7) is 12.7. The van der Waals surface area contributed by atoms with Crippen LogP contribution in [-0.4, -0.2) is 0 Å². The van der Waals surface area contributed by atoms with E-state index in [-0.39, 0.29) is 0 Å². The van der Waals surface area contributed by atoms with Gasteiger partial charge in [0.15, 0.2) is 0 Å². The Hall–Kier alpha value is -1.30. The van der Waals surface area contributed by atoms with Crippen LogP contribution in [0.4, 0.5) is 0 Å². The fourth-order valence-corrected chi connectivity index (χ4v) is 1.54. The molecule has 0 nitrogen and oxygen atoms in total. The number of hydrogen-bond acceptors (Lipinski definition) is 0. The summed E-state index contributed by atoms with van der Waals surface area (Å²) in [6.07, 6.45) is 2.19. The number of allylic oxidation sites excluding steroid dienone is 3. The Balaban J connectivity index is 2.99. The van der Waals surface area contributed by atoms with E-state index in [0.29, 0.717) is 5.92 Å². The zero-order valence-electron chi connectivity index (χ0n) is 10.2. The summed E-state index contributed by atoms with van der Waals surface area (Å²) in [7, 11) is 0. The maximum Gasteiger partial charge on any atom is -0.0198 e. The third-order valence-corrected chi connectivity index (χ3v) is 2.71. The average Bonchev–Trinajstić information content (AvgIpc) is 2.18. The molecule has 1 aromatic carbocycles. The summed E-state index contributed by atoms with van der Waals surface area (Å²) < 4.78 is 0. The number of hydrogen-bond donors (Lipinski definition) is 0. The summed E-state index contributed by atoms with van der Waals surface area (Å²) >= 11 is 0. The van der Waals surface area contributed by atoms with Gasteiger partial charge >= 0.3 is 0 Å². The van der Waals surface area contributed by atoms with Crippen LogP contribution in [0, 0.1) is 12.8 Å². The van der Waals surface area contributed by atoms with Crippen LogP contribution >= 0.6 is 0 Å². The van der Waals surface area contributed by atoms with Crippen molar-refractivity contribution >= 4 is 5.57 Å². The Kier molecular flexibility index (Phi) is 3.90. The topological polar surface area (TPSA) is 0 Å². The van der Waals surface area contributed by atoms with E-state index in [4.69, 9.17) is 0 Å². The van der Waals surface area contributed by atoms with Crippen LogP contribution in [0.3, 0.4) is 0 Å². The second-order valence-corrected chi connectivity index (χ2v) is 4.37. The summed E-state index contributed by atoms with van der Waals surface area (Å²) in [5.74, 6) is 0.518. The third-order valence-electron chi connectivity index (χ3n) is 2.71. The van der Waals surface area contributed by atoms with Crippen LogP contribution in [0.15, 0.2) is 42.5 Å². The minimum absolute atomic E-state index is 0.518. The Morgan fingerprint density at radius 3 is 2.40 bits per heavy atom. The van der Waals surface area contributed by atoms with Crippen LogP contribution in [0.1, 0.15) is 31.9 Å². The summed E-state index contributed by atoms with van der Waals surface area (Å²) in [6, 6.07) is 8.46. The highest BCUT2D eigenvalue weighted by atomic mass is 14.1. The van der Waals surface area contributed by atoms with Gasteiger partial charge in [0.25, 0.3) is 0 Å². The molecule has 0 unspecified atom stereocenters. The van der Waals surface area contributed by atoms with Gasteiger partial charge in [-0.3, -0.25) is 0 Å². The van der Waals surface area contributed by atoms with Crippen LogP contribution in [0.2, 0.25) is 0 Å². The molecule has 15 heavy (non-hydrogen) atoms. The van der Waals surface area contributed by atoms with Gasteiger partial charge < -0.3 is 0 Å². The monoisotopic (exact) mass is 200 g/mol. The lowest BCUT2D eigenvalue weighted by atomic mass is 9.97. The number of rotatable bonds is 3. The quantitative estimate of drug-likeness (QED) is 0.625. The van der Waals surface area contributed by atoms with Gasteiger partial charge in [-0.05, 0) is 36.5 Å². The zero-order valence-corrected chi connectivity index (χ0v) is 10.2. The van der Waals surface area contributed by atoms with Crippen molar-refractivity contribution in [3.8, 4) is 0 Å². The molecular weight excluding hydrogens is 180 g/mol. The van der Waals surface area contributed by atoms with Gasteiger partial charge in [0.05, 0.1) is 0 Å². The average molecular weight is 200 g/mol. The normalized spacial score (nSPS) is 11.9. The van der Waals surface area contributed by atoms with E-state index in [0.717, 1.165) is 0 Å². The highest BCUT2D eigenvalue weighted by molar-refractivity contribution is 5.68. The van der Waals surface area contributed by atoms with E-state index in [9.17, 15) is 0 Å². The van der Waals surface area contributed by atoms with E-state index in [1.54, 1.807) is 0 Å². The second kappa shape index (κ2) is 4.97. The van der Waals surface area contributed by atoms with Crippen LogP contribution < -0.4 is 0 Å². The molecule has 0 spiro atoms. The second-order valence-electron chi connectivity index (χ2n) is 4.37. The molecule has 0 aliphatic carbocycles. The SMILES string of the molecule is C=C(/C=C(/C)c1ccccc1C)C(C)C. The fourth-order valence-electron chi connectivity index (χ4n) is 1.54. The largest absolute Gasteiger partial charge is 0.0956 e. The van der Waals surface area contributed by atoms with Crippen LogP contribution in [0.5, 0.6) is 0 Å². The molecule has 0 saturated heterocycles. The van der Waals surface area contributed by atoms with Crippen molar-refractivity contribution < 1.29 is 0 Å². The number of aryl methyl sites for hydroxylation is 1. The van der Waals surface area contributed by atoms with Gasteiger partial charge in [-0.25, -0.2) is 0 Å². The van der Waals surface area contributed by atoms with Crippen molar-refractivity contribution in [2.45, 2.75) is 27.7 Å². The molecule has 0 radical (unpaired) electrons. The highest BCUT2D eigenvalue weighted by Gasteiger charge is 2.01. The predicted octanol–water partition coefficient (Wildman–Crippen LogP) is 4.61. The standard InChI is InChI=1S/C15H20/c1-11(2)13(4)10-14(5)15-9-7-6-8-12(15)3/h6-11H,4H2,1-3,5H3/b14-10-. The lowest BCUT2D eigenvalue weighted by molar-refractivity contribution is 0.795. The predicted molar refractivity (Wildman–Crippen MR) is 68.8 cm³/mol. The molecule has 1 rings (SSSR count). The third kappa shape index (κ3) is 3.09. The van der Waals surface area contributed by atoms with Crippen molar-refractivity contribution in [2.75, 3.05) is 0 Å². The van der Waals surface area contributed by atoms with Crippen LogP contribution in [0.25, 0.3) is 5.57 Å². The van der Waals surface area contributed by atoms with Crippen molar-refractivity contribution in [1.29, 1.82) is 0 Å². The van der Waals surface area contributed by atoms with E-state index in [1.165, 1.54) is 22.3 Å². The van der Waals surface area contributed by atoms with Gasteiger partial charge in [0.2, 0.25) is 0 Å². The molecule has 0 fully saturated rings. The Morgan fingerprint density at radius 1 is 1.27 bits per heavy atom. The van der Waals surface area contributed by atoms with Crippen LogP contribution in [-0.2, 0) is 0 Å². The van der Waals surface area contributed by atoms with E-state index >= 15 is 0 Å². The minimum atomic E-state index is 0.518. The molecule has 0 aliphatic heterocycles. The summed E-state index contributed by atoms with van der Waals surface area (Å²) in [5.41, 5.74) is 5.13. The first-order valence-corrected chi connectivity index (χ1v) is 5.45. The molecule has 0 bridgehead atoms. The smallest absolute Gasteiger partial charge is 0.0198 e. The van der Waals surface area contributed by atoms with E-state index in [2.05, 4.69) is 64.6 Å². The van der Waals surface area contributed by atoms with Crippen molar-refractivity contribution in [2.24, 2.45) is 5.92 Å². The molecule has 0 heterocycles. The van der Waals surface area contributed by atoms with Gasteiger partial charge in [0.1, 0.15) is 0 Å². The van der Waals surface area contributed by atoms with Gasteiger partial charge in [0, 0.05) is 0 Å². The molecule has 80 valence electrons. The molecule has 0 heteroatoms. The van der Waals surface area contributed by atoms with Gasteiger partial charge in [-0.1, -0.05) is 56.3 Å². The maximum atomic E-state index is 4.07. The van der Waals surface area contributed by atoms with E-state index in [1.807, 2.05) is 0 Å². The molecule has 0 amide bonds. The molecular formula is C15H20. The molecule has 0 N–H and O–H groups in total. The Morgan fingerprint density at radius 2 is 1.87 bits per heavy atom. The minimum Gasteiger partial charge on any atom is -0.0956 e. The molecule has 0 aliphatic rings. The van der Waals surface area contributed by atoms with E-state index < -0.39 is 0 Å². The molecule has 0 atom stereocenters. The highest BCUT2D eigenvalue weighted by Crippen LogP contribution is 2.21. The fraction of sp³-hybridized carbons (Fsp3) is 0.333. The van der Waals surface area contributed by atoms with Gasteiger partial charge in [-0.15, -0.1) is 0 Å². The first-order chi connectivity index (χ1) is 7.02. The van der Waals surface area contributed by atoms with Gasteiger partial charge in [-0.2, -0.15) is 0 Å². The maximum absolute atomic E-state index is 4.07. The first kappa shape index (κ1) is 11.8. The Bertz CT molecular complexity index is 381. The zero-order chi connectivity index (χ0) is 11.4. The number of benzene rings is 1. The lowest BCUT2D eigenvalue weighted by Crippen LogP contribution is -1.91. The van der Waals surface area contributed by atoms with Crippen molar-refractivity contribution in [1.82, 2.24) is 0 Å². The molecule has 1 aromatic rings. The molecule has 0 saturated carbocycles. The summed E-state index contributed by atoms with van der Waals surface area (Å²) in [4.78, 5) is 0.